The van der Waals surface area contributed by atoms with Gasteiger partial charge in [-0.15, -0.1) is 0 Å². The number of likely N-dealkylation sites (N-methyl/N-ethyl adjacent to an activating group) is 1. The van der Waals surface area contributed by atoms with Crippen LogP contribution in [0, 0.1) is 0 Å². The van der Waals surface area contributed by atoms with Crippen LogP contribution in [-0.4, -0.2) is 42.4 Å². The lowest BCUT2D eigenvalue weighted by molar-refractivity contribution is 0.0716. The molecule has 0 heterocycles. The van der Waals surface area contributed by atoms with Crippen molar-refractivity contribution in [3.8, 4) is 5.75 Å². The summed E-state index contributed by atoms with van der Waals surface area (Å²) < 4.78 is 6.54. The van der Waals surface area contributed by atoms with Crippen molar-refractivity contribution in [2.75, 3.05) is 26.2 Å². The van der Waals surface area contributed by atoms with Gasteiger partial charge in [0.2, 0.25) is 0 Å². The van der Waals surface area contributed by atoms with Crippen LogP contribution in [0.15, 0.2) is 28.7 Å². The van der Waals surface area contributed by atoms with Crippen molar-refractivity contribution in [2.24, 2.45) is 0 Å². The van der Waals surface area contributed by atoms with E-state index in [0.717, 1.165) is 23.3 Å². The molecule has 0 aliphatic heterocycles. The van der Waals surface area contributed by atoms with Crippen LogP contribution >= 0.6 is 15.9 Å². The van der Waals surface area contributed by atoms with E-state index in [0.29, 0.717) is 13.2 Å². The van der Waals surface area contributed by atoms with Crippen molar-refractivity contribution >= 4 is 15.9 Å². The van der Waals surface area contributed by atoms with Gasteiger partial charge in [-0.3, -0.25) is 0 Å². The lowest BCUT2D eigenvalue weighted by Gasteiger charge is -2.21. The van der Waals surface area contributed by atoms with Gasteiger partial charge in [-0.2, -0.15) is 0 Å². The number of rotatable bonds is 7. The van der Waals surface area contributed by atoms with Gasteiger partial charge in [0.05, 0.1) is 0 Å². The Morgan fingerprint density at radius 3 is 2.35 bits per heavy atom. The van der Waals surface area contributed by atoms with E-state index < -0.39 is 6.10 Å². The van der Waals surface area contributed by atoms with Gasteiger partial charge in [0.1, 0.15) is 18.5 Å². The third-order valence-corrected chi connectivity index (χ3v) is 3.15. The van der Waals surface area contributed by atoms with Gasteiger partial charge in [0, 0.05) is 11.0 Å². The molecule has 0 amide bonds. The van der Waals surface area contributed by atoms with Gasteiger partial charge in [-0.1, -0.05) is 29.8 Å². The highest BCUT2D eigenvalue weighted by Gasteiger charge is 2.09. The number of aliphatic hydroxyl groups excluding tert-OH is 1. The topological polar surface area (TPSA) is 32.7 Å². The van der Waals surface area contributed by atoms with E-state index in [4.69, 9.17) is 4.74 Å². The lowest BCUT2D eigenvalue weighted by atomic mass is 10.3. The van der Waals surface area contributed by atoms with Gasteiger partial charge in [-0.25, -0.2) is 0 Å². The highest BCUT2D eigenvalue weighted by molar-refractivity contribution is 9.10. The molecule has 0 saturated heterocycles. The second-order valence-corrected chi connectivity index (χ2v) is 4.82. The molecule has 0 saturated carbocycles. The summed E-state index contributed by atoms with van der Waals surface area (Å²) >= 11 is 3.37. The predicted molar refractivity (Wildman–Crippen MR) is 73.4 cm³/mol. The Kier molecular flexibility index (Phi) is 6.55. The standard InChI is InChI=1S/C13H20BrNO2/c1-3-15(4-2)9-12(16)10-17-13-7-5-11(14)6-8-13/h5-8,12,16H,3-4,9-10H2,1-2H3/t12-/m0/s1. The smallest absolute Gasteiger partial charge is 0.119 e. The Morgan fingerprint density at radius 1 is 1.24 bits per heavy atom. The fourth-order valence-corrected chi connectivity index (χ4v) is 1.82. The largest absolute Gasteiger partial charge is 0.491 e. The summed E-state index contributed by atoms with van der Waals surface area (Å²) in [5.74, 6) is 0.784. The SMILES string of the molecule is CCN(CC)C[C@H](O)COc1ccc(Br)cc1. The molecule has 0 unspecified atom stereocenters. The summed E-state index contributed by atoms with van der Waals surface area (Å²) in [6.07, 6.45) is -0.446. The summed E-state index contributed by atoms with van der Waals surface area (Å²) in [5.41, 5.74) is 0. The van der Waals surface area contributed by atoms with E-state index in [-0.39, 0.29) is 0 Å². The van der Waals surface area contributed by atoms with Crippen molar-refractivity contribution in [2.45, 2.75) is 20.0 Å². The monoisotopic (exact) mass is 301 g/mol. The van der Waals surface area contributed by atoms with Crippen molar-refractivity contribution in [3.05, 3.63) is 28.7 Å². The normalized spacial score (nSPS) is 12.8. The highest BCUT2D eigenvalue weighted by Crippen LogP contribution is 2.16. The maximum Gasteiger partial charge on any atom is 0.119 e. The number of aliphatic hydroxyl groups is 1. The molecule has 0 aliphatic carbocycles. The molecule has 0 aliphatic rings. The Bertz CT molecular complexity index is 312. The molecule has 1 atom stereocenters. The average molecular weight is 302 g/mol. The number of halogens is 1. The van der Waals surface area contributed by atoms with Gasteiger partial charge in [0.25, 0.3) is 0 Å². The third-order valence-electron chi connectivity index (χ3n) is 2.62. The van der Waals surface area contributed by atoms with E-state index >= 15 is 0 Å². The van der Waals surface area contributed by atoms with Gasteiger partial charge in [-0.05, 0) is 37.4 Å². The van der Waals surface area contributed by atoms with E-state index in [9.17, 15) is 5.11 Å². The molecule has 0 radical (unpaired) electrons. The number of hydrogen-bond acceptors (Lipinski definition) is 3. The fourth-order valence-electron chi connectivity index (χ4n) is 1.56. The first kappa shape index (κ1) is 14.5. The molecule has 96 valence electrons. The molecule has 17 heavy (non-hydrogen) atoms. The zero-order valence-corrected chi connectivity index (χ0v) is 12.0. The van der Waals surface area contributed by atoms with Gasteiger partial charge < -0.3 is 14.7 Å². The van der Waals surface area contributed by atoms with Crippen LogP contribution in [0.3, 0.4) is 0 Å². The number of nitrogens with zero attached hydrogens (tertiary/aromatic N) is 1. The van der Waals surface area contributed by atoms with Crippen LogP contribution in [0.1, 0.15) is 13.8 Å². The minimum absolute atomic E-state index is 0.331. The zero-order valence-electron chi connectivity index (χ0n) is 10.4. The van der Waals surface area contributed by atoms with Crippen LogP contribution in [0.5, 0.6) is 5.75 Å². The molecule has 4 heteroatoms. The van der Waals surface area contributed by atoms with Crippen molar-refractivity contribution in [1.29, 1.82) is 0 Å². The van der Waals surface area contributed by atoms with Crippen molar-refractivity contribution in [3.63, 3.8) is 0 Å². The van der Waals surface area contributed by atoms with Gasteiger partial charge >= 0.3 is 0 Å². The summed E-state index contributed by atoms with van der Waals surface area (Å²) in [4.78, 5) is 2.18. The van der Waals surface area contributed by atoms with Crippen LogP contribution in [0.4, 0.5) is 0 Å². The second kappa shape index (κ2) is 7.69. The Morgan fingerprint density at radius 2 is 1.82 bits per heavy atom. The van der Waals surface area contributed by atoms with Crippen molar-refractivity contribution in [1.82, 2.24) is 4.90 Å². The molecular formula is C13H20BrNO2. The molecule has 0 spiro atoms. The molecule has 0 fully saturated rings. The minimum Gasteiger partial charge on any atom is -0.491 e. The first-order valence-electron chi connectivity index (χ1n) is 5.94. The average Bonchev–Trinajstić information content (AvgIpc) is 2.35. The quantitative estimate of drug-likeness (QED) is 0.840. The van der Waals surface area contributed by atoms with Crippen LogP contribution in [0.2, 0.25) is 0 Å². The maximum absolute atomic E-state index is 9.82. The fraction of sp³-hybridized carbons (Fsp3) is 0.538. The van der Waals surface area contributed by atoms with E-state index in [1.54, 1.807) is 0 Å². The second-order valence-electron chi connectivity index (χ2n) is 3.90. The lowest BCUT2D eigenvalue weighted by Crippen LogP contribution is -2.35. The van der Waals surface area contributed by atoms with Crippen LogP contribution in [-0.2, 0) is 0 Å². The number of hydrogen-bond donors (Lipinski definition) is 1. The Labute approximate surface area is 112 Å². The Balaban J connectivity index is 2.32. The maximum atomic E-state index is 9.82. The van der Waals surface area contributed by atoms with Crippen LogP contribution < -0.4 is 4.74 Å². The number of ether oxygens (including phenoxy) is 1. The number of benzene rings is 1. The molecule has 1 N–H and O–H groups in total. The molecule has 1 aromatic rings. The summed E-state index contributed by atoms with van der Waals surface area (Å²) in [7, 11) is 0. The minimum atomic E-state index is -0.446. The summed E-state index contributed by atoms with van der Waals surface area (Å²) in [6.45, 7) is 7.07. The molecule has 1 rings (SSSR count). The van der Waals surface area contributed by atoms with Crippen LogP contribution in [0.25, 0.3) is 0 Å². The Hall–Kier alpha value is -0.580. The van der Waals surface area contributed by atoms with E-state index in [1.807, 2.05) is 24.3 Å². The molecule has 3 nitrogen and oxygen atoms in total. The summed E-state index contributed by atoms with van der Waals surface area (Å²) in [5, 5.41) is 9.82. The first-order chi connectivity index (χ1) is 8.15. The summed E-state index contributed by atoms with van der Waals surface area (Å²) in [6, 6.07) is 7.61. The predicted octanol–water partition coefficient (Wildman–Crippen LogP) is 2.53. The molecular weight excluding hydrogens is 282 g/mol. The molecule has 0 aromatic heterocycles. The zero-order chi connectivity index (χ0) is 12.7. The molecule has 1 aromatic carbocycles. The van der Waals surface area contributed by atoms with Crippen molar-refractivity contribution < 1.29 is 9.84 Å². The van der Waals surface area contributed by atoms with E-state index in [1.165, 1.54) is 0 Å². The first-order valence-corrected chi connectivity index (χ1v) is 6.73. The highest BCUT2D eigenvalue weighted by atomic mass is 79.9. The molecule has 0 bridgehead atoms. The van der Waals surface area contributed by atoms with Gasteiger partial charge in [0.15, 0.2) is 0 Å². The third kappa shape index (κ3) is 5.52. The van der Waals surface area contributed by atoms with E-state index in [2.05, 4.69) is 34.7 Å².